The largest absolute Gasteiger partial charge is 0.379 e. The lowest BCUT2D eigenvalue weighted by atomic mass is 10.3. The minimum Gasteiger partial charge on any atom is -0.379 e. The van der Waals surface area contributed by atoms with Gasteiger partial charge in [-0.25, -0.2) is 0 Å². The molecule has 1 atom stereocenters. The van der Waals surface area contributed by atoms with Gasteiger partial charge in [0.15, 0.2) is 0 Å². The third-order valence-corrected chi connectivity index (χ3v) is 2.72. The molecule has 0 saturated carbocycles. The Morgan fingerprint density at radius 2 is 2.29 bits per heavy atom. The van der Waals surface area contributed by atoms with Crippen LogP contribution in [0, 0.1) is 0 Å². The molecular formula is C12H24N2O3. The first-order valence-corrected chi connectivity index (χ1v) is 6.43. The van der Waals surface area contributed by atoms with Crippen molar-refractivity contribution in [1.82, 2.24) is 10.6 Å². The minimum absolute atomic E-state index is 0.129. The Labute approximate surface area is 103 Å². The first-order chi connectivity index (χ1) is 8.33. The highest BCUT2D eigenvalue weighted by Crippen LogP contribution is 2.07. The van der Waals surface area contributed by atoms with Gasteiger partial charge in [-0.3, -0.25) is 4.79 Å². The maximum atomic E-state index is 11.3. The van der Waals surface area contributed by atoms with Crippen LogP contribution in [-0.4, -0.2) is 52.0 Å². The molecule has 1 amide bonds. The van der Waals surface area contributed by atoms with Crippen molar-refractivity contribution in [2.24, 2.45) is 0 Å². The molecule has 2 N–H and O–H groups in total. The van der Waals surface area contributed by atoms with E-state index in [0.29, 0.717) is 19.6 Å². The number of hydrogen-bond acceptors (Lipinski definition) is 4. The van der Waals surface area contributed by atoms with Crippen molar-refractivity contribution in [3.63, 3.8) is 0 Å². The van der Waals surface area contributed by atoms with E-state index < -0.39 is 0 Å². The zero-order valence-corrected chi connectivity index (χ0v) is 10.7. The molecule has 1 saturated heterocycles. The van der Waals surface area contributed by atoms with Gasteiger partial charge in [0.2, 0.25) is 5.91 Å². The predicted molar refractivity (Wildman–Crippen MR) is 66.0 cm³/mol. The van der Waals surface area contributed by atoms with Gasteiger partial charge in [0.05, 0.1) is 12.7 Å². The Kier molecular flexibility index (Phi) is 7.96. The third-order valence-electron chi connectivity index (χ3n) is 2.72. The summed E-state index contributed by atoms with van der Waals surface area (Å²) in [7, 11) is 1.89. The summed E-state index contributed by atoms with van der Waals surface area (Å²) in [5.41, 5.74) is 0. The van der Waals surface area contributed by atoms with Gasteiger partial charge in [-0.15, -0.1) is 0 Å². The summed E-state index contributed by atoms with van der Waals surface area (Å²) in [6.07, 6.45) is 3.61. The average Bonchev–Trinajstić information content (AvgIpc) is 2.82. The van der Waals surface area contributed by atoms with E-state index in [1.165, 1.54) is 0 Å². The highest BCUT2D eigenvalue weighted by Gasteiger charge is 2.15. The molecule has 1 fully saturated rings. The number of hydrogen-bond donors (Lipinski definition) is 2. The molecule has 1 aliphatic rings. The molecule has 1 aliphatic heterocycles. The van der Waals surface area contributed by atoms with Crippen molar-refractivity contribution in [3.05, 3.63) is 0 Å². The Balaban J connectivity index is 1.84. The smallest absolute Gasteiger partial charge is 0.220 e. The normalized spacial score (nSPS) is 19.5. The van der Waals surface area contributed by atoms with Crippen molar-refractivity contribution < 1.29 is 14.3 Å². The average molecular weight is 244 g/mol. The Bertz CT molecular complexity index is 206. The second-order valence-electron chi connectivity index (χ2n) is 4.27. The summed E-state index contributed by atoms with van der Waals surface area (Å²) in [5.74, 6) is 0.129. The number of carbonyl (C=O) groups excluding carboxylic acids is 1. The topological polar surface area (TPSA) is 59.6 Å². The van der Waals surface area contributed by atoms with Gasteiger partial charge in [-0.05, 0) is 32.9 Å². The van der Waals surface area contributed by atoms with Crippen LogP contribution in [0.3, 0.4) is 0 Å². The quantitative estimate of drug-likeness (QED) is 0.573. The van der Waals surface area contributed by atoms with E-state index in [1.54, 1.807) is 0 Å². The molecule has 0 radical (unpaired) electrons. The van der Waals surface area contributed by atoms with Crippen LogP contribution in [0.4, 0.5) is 0 Å². The standard InChI is InChI=1S/C12H24N2O3/c1-13-6-2-4-12(15)14-7-3-8-17-11-5-9-16-10-11/h11,13H,2-10H2,1H3,(H,14,15). The van der Waals surface area contributed by atoms with Gasteiger partial charge in [0.25, 0.3) is 0 Å². The predicted octanol–water partition coefficient (Wildman–Crippen LogP) is 0.298. The second-order valence-corrected chi connectivity index (χ2v) is 4.27. The summed E-state index contributed by atoms with van der Waals surface area (Å²) in [5, 5.41) is 5.91. The molecule has 1 unspecified atom stereocenters. The van der Waals surface area contributed by atoms with E-state index >= 15 is 0 Å². The first-order valence-electron chi connectivity index (χ1n) is 6.43. The zero-order chi connectivity index (χ0) is 12.3. The fourth-order valence-corrected chi connectivity index (χ4v) is 1.71. The van der Waals surface area contributed by atoms with E-state index in [2.05, 4.69) is 10.6 Å². The minimum atomic E-state index is 0.129. The molecule has 0 aromatic heterocycles. The number of ether oxygens (including phenoxy) is 2. The molecule has 0 aromatic rings. The maximum Gasteiger partial charge on any atom is 0.220 e. The molecule has 0 spiro atoms. The molecule has 0 aliphatic carbocycles. The maximum absolute atomic E-state index is 11.3. The molecule has 100 valence electrons. The van der Waals surface area contributed by atoms with Crippen molar-refractivity contribution in [2.75, 3.05) is 40.0 Å². The van der Waals surface area contributed by atoms with E-state index in [4.69, 9.17) is 9.47 Å². The Morgan fingerprint density at radius 3 is 3.00 bits per heavy atom. The number of nitrogens with one attached hydrogen (secondary N) is 2. The van der Waals surface area contributed by atoms with Crippen LogP contribution in [-0.2, 0) is 14.3 Å². The highest BCUT2D eigenvalue weighted by atomic mass is 16.5. The molecule has 1 rings (SSSR count). The van der Waals surface area contributed by atoms with Crippen LogP contribution < -0.4 is 10.6 Å². The van der Waals surface area contributed by atoms with Crippen molar-refractivity contribution >= 4 is 5.91 Å². The first kappa shape index (κ1) is 14.4. The molecule has 0 aromatic carbocycles. The van der Waals surface area contributed by atoms with Gasteiger partial charge in [0, 0.05) is 26.2 Å². The van der Waals surface area contributed by atoms with Crippen LogP contribution in [0.5, 0.6) is 0 Å². The molecular weight excluding hydrogens is 220 g/mol. The van der Waals surface area contributed by atoms with Crippen LogP contribution >= 0.6 is 0 Å². The van der Waals surface area contributed by atoms with E-state index in [9.17, 15) is 4.79 Å². The summed E-state index contributed by atoms with van der Waals surface area (Å²) in [6, 6.07) is 0. The van der Waals surface area contributed by atoms with Crippen molar-refractivity contribution in [1.29, 1.82) is 0 Å². The zero-order valence-electron chi connectivity index (χ0n) is 10.7. The van der Waals surface area contributed by atoms with Crippen LogP contribution in [0.25, 0.3) is 0 Å². The third kappa shape index (κ3) is 7.31. The lowest BCUT2D eigenvalue weighted by Gasteiger charge is -2.10. The van der Waals surface area contributed by atoms with Gasteiger partial charge >= 0.3 is 0 Å². The van der Waals surface area contributed by atoms with E-state index in [1.807, 2.05) is 7.05 Å². The van der Waals surface area contributed by atoms with Gasteiger partial charge in [-0.2, -0.15) is 0 Å². The Morgan fingerprint density at radius 1 is 1.41 bits per heavy atom. The summed E-state index contributed by atoms with van der Waals surface area (Å²) < 4.78 is 10.8. The number of amides is 1. The summed E-state index contributed by atoms with van der Waals surface area (Å²) in [6.45, 7) is 3.82. The van der Waals surface area contributed by atoms with Crippen molar-refractivity contribution in [2.45, 2.75) is 31.8 Å². The fraction of sp³-hybridized carbons (Fsp3) is 0.917. The number of rotatable bonds is 9. The lowest BCUT2D eigenvalue weighted by Crippen LogP contribution is -2.26. The molecule has 5 heteroatoms. The van der Waals surface area contributed by atoms with Crippen molar-refractivity contribution in [3.8, 4) is 0 Å². The van der Waals surface area contributed by atoms with Gasteiger partial charge in [0.1, 0.15) is 0 Å². The SMILES string of the molecule is CNCCCC(=O)NCCCOC1CCOC1. The molecule has 5 nitrogen and oxygen atoms in total. The molecule has 0 bridgehead atoms. The summed E-state index contributed by atoms with van der Waals surface area (Å²) in [4.78, 5) is 11.3. The van der Waals surface area contributed by atoms with E-state index in [-0.39, 0.29) is 12.0 Å². The Hall–Kier alpha value is -0.650. The van der Waals surface area contributed by atoms with Gasteiger partial charge in [-0.1, -0.05) is 0 Å². The lowest BCUT2D eigenvalue weighted by molar-refractivity contribution is -0.121. The van der Waals surface area contributed by atoms with E-state index in [0.717, 1.165) is 39.0 Å². The number of carbonyl (C=O) groups is 1. The van der Waals surface area contributed by atoms with Crippen LogP contribution in [0.2, 0.25) is 0 Å². The second kappa shape index (κ2) is 9.39. The summed E-state index contributed by atoms with van der Waals surface area (Å²) >= 11 is 0. The monoisotopic (exact) mass is 244 g/mol. The van der Waals surface area contributed by atoms with Crippen LogP contribution in [0.15, 0.2) is 0 Å². The molecule has 17 heavy (non-hydrogen) atoms. The fourth-order valence-electron chi connectivity index (χ4n) is 1.71. The molecule has 1 heterocycles. The van der Waals surface area contributed by atoms with Crippen LogP contribution in [0.1, 0.15) is 25.7 Å². The highest BCUT2D eigenvalue weighted by molar-refractivity contribution is 5.75. The van der Waals surface area contributed by atoms with Gasteiger partial charge < -0.3 is 20.1 Å².